The molecule has 1 aliphatic carbocycles. The second-order valence-electron chi connectivity index (χ2n) is 4.93. The van der Waals surface area contributed by atoms with Gasteiger partial charge in [0.15, 0.2) is 0 Å². The fourth-order valence-electron chi connectivity index (χ4n) is 2.52. The molecule has 0 heterocycles. The van der Waals surface area contributed by atoms with Crippen molar-refractivity contribution in [1.82, 2.24) is 0 Å². The van der Waals surface area contributed by atoms with Crippen molar-refractivity contribution in [2.75, 3.05) is 0 Å². The van der Waals surface area contributed by atoms with E-state index in [2.05, 4.69) is 13.8 Å². The highest BCUT2D eigenvalue weighted by atomic mass is 16.3. The van der Waals surface area contributed by atoms with Gasteiger partial charge in [-0.1, -0.05) is 20.8 Å². The Hall–Kier alpha value is -0.570. The van der Waals surface area contributed by atoms with Gasteiger partial charge in [0.2, 0.25) is 5.91 Å². The molecule has 0 spiro atoms. The smallest absolute Gasteiger partial charge is 0.220 e. The van der Waals surface area contributed by atoms with Crippen LogP contribution in [0, 0.1) is 23.7 Å². The van der Waals surface area contributed by atoms with Gasteiger partial charge in [0.05, 0.1) is 6.10 Å². The maximum atomic E-state index is 11.2. The molecule has 1 aliphatic rings. The number of carbonyl (C=O) groups excluding carboxylic acids is 1. The molecule has 0 aromatic rings. The largest absolute Gasteiger partial charge is 0.393 e. The van der Waals surface area contributed by atoms with E-state index in [4.69, 9.17) is 5.73 Å². The third-order valence-electron chi connectivity index (χ3n) is 3.54. The molecule has 4 unspecified atom stereocenters. The first-order chi connectivity index (χ1) is 6.43. The van der Waals surface area contributed by atoms with Crippen LogP contribution in [0.2, 0.25) is 0 Å². The van der Waals surface area contributed by atoms with Gasteiger partial charge in [-0.15, -0.1) is 0 Å². The predicted octanol–water partition coefficient (Wildman–Crippen LogP) is 1.15. The maximum absolute atomic E-state index is 11.2. The molecule has 4 atom stereocenters. The molecule has 1 fully saturated rings. The molecule has 3 N–H and O–H groups in total. The number of aliphatic hydroxyl groups is 1. The van der Waals surface area contributed by atoms with E-state index in [1.165, 1.54) is 0 Å². The average Bonchev–Trinajstić information content (AvgIpc) is 2.02. The van der Waals surface area contributed by atoms with Gasteiger partial charge in [-0.25, -0.2) is 0 Å². The molecule has 82 valence electrons. The molecule has 0 saturated heterocycles. The van der Waals surface area contributed by atoms with Crippen molar-refractivity contribution in [3.05, 3.63) is 0 Å². The number of hydrogen-bond acceptors (Lipinski definition) is 2. The third kappa shape index (κ3) is 2.27. The van der Waals surface area contributed by atoms with Crippen molar-refractivity contribution in [3.63, 3.8) is 0 Å². The Morgan fingerprint density at radius 2 is 2.00 bits per heavy atom. The molecule has 0 aromatic carbocycles. The molecule has 0 aromatic heterocycles. The lowest BCUT2D eigenvalue weighted by atomic mass is 9.69. The predicted molar refractivity (Wildman–Crippen MR) is 55.4 cm³/mol. The fraction of sp³-hybridized carbons (Fsp3) is 0.909. The summed E-state index contributed by atoms with van der Waals surface area (Å²) in [4.78, 5) is 11.2. The van der Waals surface area contributed by atoms with Gasteiger partial charge in [0, 0.05) is 5.92 Å². The van der Waals surface area contributed by atoms with Crippen LogP contribution in [0.25, 0.3) is 0 Å². The average molecular weight is 199 g/mol. The molecular formula is C11H21NO2. The zero-order valence-electron chi connectivity index (χ0n) is 9.23. The highest BCUT2D eigenvalue weighted by Gasteiger charge is 2.37. The Morgan fingerprint density at radius 3 is 2.43 bits per heavy atom. The standard InChI is InChI=1S/C11H21NO2/c1-6(2)8-5-9(11(12)14)7(3)4-10(8)13/h6-10,13H,4-5H2,1-3H3,(H2,12,14). The van der Waals surface area contributed by atoms with Crippen molar-refractivity contribution < 1.29 is 9.90 Å². The van der Waals surface area contributed by atoms with Crippen LogP contribution >= 0.6 is 0 Å². The second kappa shape index (κ2) is 4.30. The molecule has 0 radical (unpaired) electrons. The topological polar surface area (TPSA) is 63.3 Å². The first kappa shape index (κ1) is 11.5. The molecule has 3 heteroatoms. The summed E-state index contributed by atoms with van der Waals surface area (Å²) in [6.07, 6.45) is 1.19. The molecule has 1 saturated carbocycles. The minimum atomic E-state index is -0.263. The van der Waals surface area contributed by atoms with Crippen LogP contribution in [-0.4, -0.2) is 17.1 Å². The van der Waals surface area contributed by atoms with Gasteiger partial charge in [0.25, 0.3) is 0 Å². The Morgan fingerprint density at radius 1 is 1.43 bits per heavy atom. The van der Waals surface area contributed by atoms with E-state index >= 15 is 0 Å². The maximum Gasteiger partial charge on any atom is 0.220 e. The number of amides is 1. The summed E-state index contributed by atoms with van der Waals surface area (Å²) in [6, 6.07) is 0. The number of aliphatic hydroxyl groups excluding tert-OH is 1. The first-order valence-electron chi connectivity index (χ1n) is 5.40. The second-order valence-corrected chi connectivity index (χ2v) is 4.93. The lowest BCUT2D eigenvalue weighted by molar-refractivity contribution is -0.127. The van der Waals surface area contributed by atoms with E-state index in [0.717, 1.165) is 6.42 Å². The van der Waals surface area contributed by atoms with Crippen LogP contribution < -0.4 is 5.73 Å². The number of carbonyl (C=O) groups is 1. The summed E-state index contributed by atoms with van der Waals surface area (Å²) < 4.78 is 0. The Kier molecular flexibility index (Phi) is 3.53. The summed E-state index contributed by atoms with van der Waals surface area (Å²) in [6.45, 7) is 6.17. The zero-order chi connectivity index (χ0) is 10.9. The molecule has 0 aliphatic heterocycles. The Labute approximate surface area is 85.7 Å². The summed E-state index contributed by atoms with van der Waals surface area (Å²) in [7, 11) is 0. The zero-order valence-corrected chi connectivity index (χ0v) is 9.23. The number of nitrogens with two attached hydrogens (primary N) is 1. The lowest BCUT2D eigenvalue weighted by Gasteiger charge is -2.38. The van der Waals surface area contributed by atoms with Crippen molar-refractivity contribution >= 4 is 5.91 Å². The number of hydrogen-bond donors (Lipinski definition) is 2. The van der Waals surface area contributed by atoms with Gasteiger partial charge in [-0.2, -0.15) is 0 Å². The number of rotatable bonds is 2. The van der Waals surface area contributed by atoms with E-state index in [1.54, 1.807) is 0 Å². The van der Waals surface area contributed by atoms with Crippen LogP contribution in [0.3, 0.4) is 0 Å². The summed E-state index contributed by atoms with van der Waals surface area (Å²) in [5, 5.41) is 9.86. The van der Waals surface area contributed by atoms with Crippen molar-refractivity contribution in [1.29, 1.82) is 0 Å². The van der Waals surface area contributed by atoms with Gasteiger partial charge >= 0.3 is 0 Å². The van der Waals surface area contributed by atoms with Gasteiger partial charge in [0.1, 0.15) is 0 Å². The van der Waals surface area contributed by atoms with E-state index in [1.807, 2.05) is 6.92 Å². The number of primary amides is 1. The quantitative estimate of drug-likeness (QED) is 0.700. The fourth-order valence-corrected chi connectivity index (χ4v) is 2.52. The monoisotopic (exact) mass is 199 g/mol. The van der Waals surface area contributed by atoms with Crippen molar-refractivity contribution in [3.8, 4) is 0 Å². The van der Waals surface area contributed by atoms with E-state index in [-0.39, 0.29) is 29.8 Å². The van der Waals surface area contributed by atoms with Gasteiger partial charge in [-0.3, -0.25) is 4.79 Å². The summed E-state index contributed by atoms with van der Waals surface area (Å²) >= 11 is 0. The van der Waals surface area contributed by atoms with E-state index < -0.39 is 0 Å². The van der Waals surface area contributed by atoms with E-state index in [9.17, 15) is 9.90 Å². The minimum Gasteiger partial charge on any atom is -0.393 e. The van der Waals surface area contributed by atoms with Crippen molar-refractivity contribution in [2.24, 2.45) is 29.4 Å². The Balaban J connectivity index is 2.70. The molecule has 1 rings (SSSR count). The van der Waals surface area contributed by atoms with Crippen LogP contribution in [-0.2, 0) is 4.79 Å². The van der Waals surface area contributed by atoms with Crippen LogP contribution in [0.1, 0.15) is 33.6 Å². The van der Waals surface area contributed by atoms with Crippen LogP contribution in [0.4, 0.5) is 0 Å². The molecule has 1 amide bonds. The highest BCUT2D eigenvalue weighted by Crippen LogP contribution is 2.37. The summed E-state index contributed by atoms with van der Waals surface area (Å²) in [5.74, 6) is 0.599. The molecular weight excluding hydrogens is 178 g/mol. The van der Waals surface area contributed by atoms with Gasteiger partial charge in [-0.05, 0) is 30.6 Å². The SMILES string of the molecule is CC(C)C1CC(C(N)=O)C(C)CC1O. The minimum absolute atomic E-state index is 0.0502. The van der Waals surface area contributed by atoms with Crippen LogP contribution in [0.15, 0.2) is 0 Å². The summed E-state index contributed by atoms with van der Waals surface area (Å²) in [5.41, 5.74) is 5.34. The first-order valence-corrected chi connectivity index (χ1v) is 5.40. The molecule has 0 bridgehead atoms. The molecule has 14 heavy (non-hydrogen) atoms. The molecule has 3 nitrogen and oxygen atoms in total. The van der Waals surface area contributed by atoms with E-state index in [0.29, 0.717) is 12.3 Å². The van der Waals surface area contributed by atoms with Crippen molar-refractivity contribution in [2.45, 2.75) is 39.7 Å². The lowest BCUT2D eigenvalue weighted by Crippen LogP contribution is -2.42. The Bertz CT molecular complexity index is 215. The normalized spacial score (nSPS) is 38.6. The van der Waals surface area contributed by atoms with Crippen LogP contribution in [0.5, 0.6) is 0 Å². The third-order valence-corrected chi connectivity index (χ3v) is 3.54. The highest BCUT2D eigenvalue weighted by molar-refractivity contribution is 5.77. The van der Waals surface area contributed by atoms with Gasteiger partial charge < -0.3 is 10.8 Å².